The molecule has 0 aliphatic heterocycles. The van der Waals surface area contributed by atoms with Crippen LogP contribution in [0.4, 0.5) is 17.6 Å². The van der Waals surface area contributed by atoms with E-state index < -0.39 is 33.5 Å². The first-order chi connectivity index (χ1) is 12.7. The number of alkyl halides is 3. The molecule has 5 nitrogen and oxygen atoms in total. The van der Waals surface area contributed by atoms with E-state index >= 15 is 0 Å². The van der Waals surface area contributed by atoms with Crippen LogP contribution in [0, 0.1) is 5.82 Å². The molecule has 1 aromatic carbocycles. The van der Waals surface area contributed by atoms with Gasteiger partial charge in [0.25, 0.3) is 0 Å². The molecule has 0 radical (unpaired) electrons. The fraction of sp³-hybridized carbons (Fsp3) is 0.471. The first kappa shape index (κ1) is 19.8. The average Bonchev–Trinajstić information content (AvgIpc) is 2.96. The molecule has 0 unspecified atom stereocenters. The number of halogens is 4. The van der Waals surface area contributed by atoms with E-state index in [1.54, 1.807) is 0 Å². The molecule has 1 aliphatic carbocycles. The number of hydrogen-bond acceptors (Lipinski definition) is 3. The zero-order valence-electron chi connectivity index (χ0n) is 14.4. The van der Waals surface area contributed by atoms with Gasteiger partial charge in [-0.05, 0) is 31.7 Å². The van der Waals surface area contributed by atoms with Crippen molar-refractivity contribution in [2.75, 3.05) is 6.54 Å². The van der Waals surface area contributed by atoms with Crippen LogP contribution in [0.15, 0.2) is 24.3 Å². The first-order valence-electron chi connectivity index (χ1n) is 8.54. The summed E-state index contributed by atoms with van der Waals surface area (Å²) in [6.07, 6.45) is -2.27. The quantitative estimate of drug-likeness (QED) is 0.752. The lowest BCUT2D eigenvalue weighted by molar-refractivity contribution is -0.142. The highest BCUT2D eigenvalue weighted by atomic mass is 32.2. The van der Waals surface area contributed by atoms with E-state index in [-0.39, 0.29) is 24.2 Å². The third kappa shape index (κ3) is 4.67. The van der Waals surface area contributed by atoms with Gasteiger partial charge in [0, 0.05) is 23.4 Å². The van der Waals surface area contributed by atoms with Crippen LogP contribution in [0.1, 0.15) is 35.4 Å². The minimum Gasteiger partial charge on any atom is -0.267 e. The van der Waals surface area contributed by atoms with Crippen LogP contribution >= 0.6 is 0 Å². The van der Waals surface area contributed by atoms with Gasteiger partial charge in [-0.2, -0.15) is 18.3 Å². The Balaban J connectivity index is 1.68. The predicted molar refractivity (Wildman–Crippen MR) is 90.9 cm³/mol. The summed E-state index contributed by atoms with van der Waals surface area (Å²) >= 11 is 0. The minimum atomic E-state index is -4.53. The lowest BCUT2D eigenvalue weighted by Gasteiger charge is -2.15. The van der Waals surface area contributed by atoms with Crippen LogP contribution in [0.3, 0.4) is 0 Å². The summed E-state index contributed by atoms with van der Waals surface area (Å²) in [4.78, 5) is 0. The molecule has 1 aliphatic rings. The molecule has 1 aromatic heterocycles. The lowest BCUT2D eigenvalue weighted by Crippen LogP contribution is -2.29. The van der Waals surface area contributed by atoms with E-state index in [0.717, 1.165) is 6.42 Å². The van der Waals surface area contributed by atoms with Crippen molar-refractivity contribution in [1.82, 2.24) is 14.5 Å². The molecule has 0 amide bonds. The number of fused-ring (bicyclic) bond motifs is 1. The number of benzene rings is 1. The smallest absolute Gasteiger partial charge is 0.267 e. The molecule has 2 aromatic rings. The third-order valence-corrected chi connectivity index (χ3v) is 5.81. The molecule has 3 rings (SSSR count). The lowest BCUT2D eigenvalue weighted by atomic mass is 9.95. The van der Waals surface area contributed by atoms with Crippen LogP contribution in [0.5, 0.6) is 0 Å². The molecule has 1 heterocycles. The SMILES string of the molecule is O=S(=O)(Cc1ccccc1F)NCCn1nc(C(F)(F)F)c2c1CCCC2. The molecule has 148 valence electrons. The van der Waals surface area contributed by atoms with Gasteiger partial charge in [0.15, 0.2) is 5.69 Å². The highest BCUT2D eigenvalue weighted by Gasteiger charge is 2.39. The second-order valence-electron chi connectivity index (χ2n) is 6.45. The molecule has 0 fully saturated rings. The van der Waals surface area contributed by atoms with Crippen molar-refractivity contribution in [2.24, 2.45) is 0 Å². The summed E-state index contributed by atoms with van der Waals surface area (Å²) in [6, 6.07) is 5.52. The molecule has 0 saturated heterocycles. The molecule has 0 atom stereocenters. The molecule has 27 heavy (non-hydrogen) atoms. The van der Waals surface area contributed by atoms with Crippen molar-refractivity contribution >= 4 is 10.0 Å². The monoisotopic (exact) mass is 405 g/mol. The van der Waals surface area contributed by atoms with E-state index in [1.165, 1.54) is 28.9 Å². The molecule has 0 saturated carbocycles. The van der Waals surface area contributed by atoms with Crippen molar-refractivity contribution in [2.45, 2.75) is 44.2 Å². The second kappa shape index (κ2) is 7.59. The maximum absolute atomic E-state index is 13.6. The Morgan fingerprint density at radius 2 is 1.85 bits per heavy atom. The average molecular weight is 405 g/mol. The van der Waals surface area contributed by atoms with Crippen LogP contribution < -0.4 is 4.72 Å². The Morgan fingerprint density at radius 1 is 1.15 bits per heavy atom. The summed E-state index contributed by atoms with van der Waals surface area (Å²) in [5, 5.41) is 3.68. The van der Waals surface area contributed by atoms with E-state index in [9.17, 15) is 26.0 Å². The highest BCUT2D eigenvalue weighted by Crippen LogP contribution is 2.35. The van der Waals surface area contributed by atoms with Crippen molar-refractivity contribution in [3.05, 3.63) is 52.6 Å². The number of rotatable bonds is 6. The summed E-state index contributed by atoms with van der Waals surface area (Å²) in [6.45, 7) is -0.142. The molecular weight excluding hydrogens is 386 g/mol. The van der Waals surface area contributed by atoms with Gasteiger partial charge >= 0.3 is 6.18 Å². The Morgan fingerprint density at radius 3 is 2.56 bits per heavy atom. The second-order valence-corrected chi connectivity index (χ2v) is 8.25. The van der Waals surface area contributed by atoms with Gasteiger partial charge < -0.3 is 0 Å². The predicted octanol–water partition coefficient (Wildman–Crippen LogP) is 3.04. The zero-order chi connectivity index (χ0) is 19.7. The van der Waals surface area contributed by atoms with Crippen molar-refractivity contribution < 1.29 is 26.0 Å². The van der Waals surface area contributed by atoms with Gasteiger partial charge in [0.2, 0.25) is 10.0 Å². The number of nitrogens with zero attached hydrogens (tertiary/aromatic N) is 2. The van der Waals surface area contributed by atoms with Crippen molar-refractivity contribution in [3.8, 4) is 0 Å². The van der Waals surface area contributed by atoms with Crippen molar-refractivity contribution in [3.63, 3.8) is 0 Å². The van der Waals surface area contributed by atoms with Gasteiger partial charge in [-0.3, -0.25) is 4.68 Å². The van der Waals surface area contributed by atoms with Gasteiger partial charge in [-0.1, -0.05) is 18.2 Å². The highest BCUT2D eigenvalue weighted by molar-refractivity contribution is 7.88. The van der Waals surface area contributed by atoms with Crippen LogP contribution in [-0.2, 0) is 41.3 Å². The Hall–Kier alpha value is -1.94. The molecule has 0 spiro atoms. The Labute approximate surface area is 154 Å². The summed E-state index contributed by atoms with van der Waals surface area (Å²) in [5.74, 6) is -1.16. The minimum absolute atomic E-state index is 0.0189. The molecule has 10 heteroatoms. The van der Waals surface area contributed by atoms with Crippen LogP contribution in [-0.4, -0.2) is 24.7 Å². The van der Waals surface area contributed by atoms with E-state index in [0.29, 0.717) is 25.0 Å². The number of sulfonamides is 1. The van der Waals surface area contributed by atoms with E-state index in [4.69, 9.17) is 0 Å². The largest absolute Gasteiger partial charge is 0.435 e. The summed E-state index contributed by atoms with van der Waals surface area (Å²) < 4.78 is 80.8. The van der Waals surface area contributed by atoms with Gasteiger partial charge in [-0.15, -0.1) is 0 Å². The van der Waals surface area contributed by atoms with E-state index in [2.05, 4.69) is 9.82 Å². The maximum atomic E-state index is 13.6. The fourth-order valence-electron chi connectivity index (χ4n) is 3.26. The standard InChI is InChI=1S/C17H19F4N3O2S/c18-14-7-3-1-5-12(14)11-27(25,26)22-9-10-24-15-8-4-2-6-13(15)16(23-24)17(19,20)21/h1,3,5,7,22H,2,4,6,8-11H2. The zero-order valence-corrected chi connectivity index (χ0v) is 15.2. The maximum Gasteiger partial charge on any atom is 0.435 e. The summed E-state index contributed by atoms with van der Waals surface area (Å²) in [5.41, 5.74) is -0.128. The number of nitrogens with one attached hydrogen (secondary N) is 1. The van der Waals surface area contributed by atoms with Gasteiger partial charge in [-0.25, -0.2) is 17.5 Å². The normalized spacial score (nSPS) is 15.0. The third-order valence-electron chi connectivity index (χ3n) is 4.47. The van der Waals surface area contributed by atoms with Crippen LogP contribution in [0.25, 0.3) is 0 Å². The molecule has 0 bridgehead atoms. The number of aromatic nitrogens is 2. The summed E-state index contributed by atoms with van der Waals surface area (Å²) in [7, 11) is -3.82. The van der Waals surface area contributed by atoms with Gasteiger partial charge in [0.05, 0.1) is 12.3 Å². The van der Waals surface area contributed by atoms with Crippen LogP contribution in [0.2, 0.25) is 0 Å². The topological polar surface area (TPSA) is 64.0 Å². The first-order valence-corrected chi connectivity index (χ1v) is 10.2. The molecule has 1 N–H and O–H groups in total. The Bertz CT molecular complexity index is 923. The molecular formula is C17H19F4N3O2S. The van der Waals surface area contributed by atoms with E-state index in [1.807, 2.05) is 0 Å². The number of hydrogen-bond donors (Lipinski definition) is 1. The van der Waals surface area contributed by atoms with Crippen molar-refractivity contribution in [1.29, 1.82) is 0 Å². The fourth-order valence-corrected chi connectivity index (χ4v) is 4.41. The Kier molecular flexibility index (Phi) is 5.57. The van der Waals surface area contributed by atoms with Gasteiger partial charge in [0.1, 0.15) is 5.82 Å².